The summed E-state index contributed by atoms with van der Waals surface area (Å²) in [7, 11) is -0.0971. The molecule has 0 aliphatic carbocycles. The fourth-order valence-electron chi connectivity index (χ4n) is 3.44. The number of allylic oxidation sites excluding steroid dienone is 3. The Hall–Kier alpha value is -1.35. The summed E-state index contributed by atoms with van der Waals surface area (Å²) in [4.78, 5) is 8.33. The number of halogens is 1. The lowest BCUT2D eigenvalue weighted by molar-refractivity contribution is -0.0961. The summed E-state index contributed by atoms with van der Waals surface area (Å²) in [6, 6.07) is 0. The average Bonchev–Trinajstić information content (AvgIpc) is 2.98. The molecule has 0 saturated carbocycles. The predicted octanol–water partition coefficient (Wildman–Crippen LogP) is 5.38. The standard InChI is InChI=1S/C20H32FN2O2P/c1-6-10-12-23-19(15-26(8-3)9-4)22-25-20(23)11-13-24-16(5)18(20)14-17(21)7-2/h7,14H,2,6,8-13,15H2,1,3-5H3/b17-14+. The first kappa shape index (κ1) is 21.0. The summed E-state index contributed by atoms with van der Waals surface area (Å²) in [5, 5.41) is 4.49. The predicted molar refractivity (Wildman–Crippen MR) is 108 cm³/mol. The fraction of sp³-hybridized carbons (Fsp3) is 0.650. The van der Waals surface area contributed by atoms with E-state index in [9.17, 15) is 4.39 Å². The quantitative estimate of drug-likeness (QED) is 0.396. The smallest absolute Gasteiger partial charge is 0.243 e. The molecule has 0 aromatic heterocycles. The van der Waals surface area contributed by atoms with Crippen LogP contribution < -0.4 is 0 Å². The van der Waals surface area contributed by atoms with Crippen LogP contribution in [0.3, 0.4) is 0 Å². The molecule has 4 nitrogen and oxygen atoms in total. The van der Waals surface area contributed by atoms with Gasteiger partial charge in [-0.2, -0.15) is 0 Å². The lowest BCUT2D eigenvalue weighted by Gasteiger charge is -2.41. The van der Waals surface area contributed by atoms with Gasteiger partial charge < -0.3 is 14.5 Å². The van der Waals surface area contributed by atoms with Crippen molar-refractivity contribution in [3.8, 4) is 0 Å². The first-order valence-electron chi connectivity index (χ1n) is 9.61. The summed E-state index contributed by atoms with van der Waals surface area (Å²) in [5.74, 6) is 1.31. The summed E-state index contributed by atoms with van der Waals surface area (Å²) < 4.78 is 19.8. The Labute approximate surface area is 158 Å². The van der Waals surface area contributed by atoms with E-state index in [0.717, 1.165) is 31.4 Å². The third kappa shape index (κ3) is 4.31. The van der Waals surface area contributed by atoms with Gasteiger partial charge in [0, 0.05) is 19.1 Å². The fourth-order valence-corrected chi connectivity index (χ4v) is 4.96. The number of rotatable bonds is 9. The van der Waals surface area contributed by atoms with Gasteiger partial charge in [0.1, 0.15) is 11.6 Å². The monoisotopic (exact) mass is 382 g/mol. The van der Waals surface area contributed by atoms with Gasteiger partial charge in [-0.15, -0.1) is 0 Å². The highest BCUT2D eigenvalue weighted by molar-refractivity contribution is 7.58. The lowest BCUT2D eigenvalue weighted by Crippen LogP contribution is -2.53. The van der Waals surface area contributed by atoms with Crippen LogP contribution >= 0.6 is 7.92 Å². The maximum absolute atomic E-state index is 14.1. The van der Waals surface area contributed by atoms with Gasteiger partial charge in [-0.05, 0) is 37.8 Å². The summed E-state index contributed by atoms with van der Waals surface area (Å²) in [6.45, 7) is 13.4. The minimum Gasteiger partial charge on any atom is -0.497 e. The van der Waals surface area contributed by atoms with Crippen molar-refractivity contribution in [3.05, 3.63) is 35.9 Å². The van der Waals surface area contributed by atoms with Gasteiger partial charge in [0.2, 0.25) is 5.72 Å². The molecular weight excluding hydrogens is 350 g/mol. The summed E-state index contributed by atoms with van der Waals surface area (Å²) in [6.07, 6.45) is 8.76. The zero-order valence-corrected chi connectivity index (χ0v) is 17.4. The maximum Gasteiger partial charge on any atom is 0.243 e. The highest BCUT2D eigenvalue weighted by Gasteiger charge is 2.51. The molecule has 0 radical (unpaired) electrons. The van der Waals surface area contributed by atoms with E-state index in [-0.39, 0.29) is 13.7 Å². The molecule has 1 unspecified atom stereocenters. The van der Waals surface area contributed by atoms with Crippen molar-refractivity contribution in [1.29, 1.82) is 0 Å². The van der Waals surface area contributed by atoms with Crippen LogP contribution in [0.25, 0.3) is 0 Å². The third-order valence-corrected chi connectivity index (χ3v) is 7.60. The molecule has 146 valence electrons. The van der Waals surface area contributed by atoms with E-state index in [1.54, 1.807) is 0 Å². The summed E-state index contributed by atoms with van der Waals surface area (Å²) >= 11 is 0. The van der Waals surface area contributed by atoms with Crippen LogP contribution in [0, 0.1) is 0 Å². The normalized spacial score (nSPS) is 23.4. The van der Waals surface area contributed by atoms with E-state index in [1.807, 2.05) is 6.92 Å². The minimum atomic E-state index is -0.754. The zero-order chi connectivity index (χ0) is 19.2. The molecule has 0 saturated heterocycles. The zero-order valence-electron chi connectivity index (χ0n) is 16.6. The second kappa shape index (κ2) is 9.55. The molecule has 2 rings (SSSR count). The van der Waals surface area contributed by atoms with E-state index in [2.05, 4.69) is 37.4 Å². The van der Waals surface area contributed by atoms with E-state index < -0.39 is 5.72 Å². The molecule has 2 aliphatic rings. The molecule has 1 spiro atoms. The van der Waals surface area contributed by atoms with E-state index in [0.29, 0.717) is 24.4 Å². The highest BCUT2D eigenvalue weighted by atomic mass is 31.1. The first-order valence-corrected chi connectivity index (χ1v) is 11.5. The highest BCUT2D eigenvalue weighted by Crippen LogP contribution is 2.44. The van der Waals surface area contributed by atoms with Gasteiger partial charge in [-0.25, -0.2) is 4.39 Å². The Kier molecular flexibility index (Phi) is 7.69. The van der Waals surface area contributed by atoms with Gasteiger partial charge >= 0.3 is 0 Å². The second-order valence-electron chi connectivity index (χ2n) is 6.65. The van der Waals surface area contributed by atoms with Crippen LogP contribution in [-0.2, 0) is 9.57 Å². The maximum atomic E-state index is 14.1. The Morgan fingerprint density at radius 3 is 2.73 bits per heavy atom. The number of unbranched alkanes of at least 4 members (excludes halogenated alkanes) is 1. The van der Waals surface area contributed by atoms with Gasteiger partial charge in [0.25, 0.3) is 0 Å². The van der Waals surface area contributed by atoms with Crippen LogP contribution in [0.4, 0.5) is 4.39 Å². The number of hydrogen-bond acceptors (Lipinski definition) is 4. The Balaban J connectivity index is 2.40. The van der Waals surface area contributed by atoms with Gasteiger partial charge in [-0.3, -0.25) is 0 Å². The van der Waals surface area contributed by atoms with Gasteiger partial charge in [-0.1, -0.05) is 46.8 Å². The molecule has 26 heavy (non-hydrogen) atoms. The summed E-state index contributed by atoms with van der Waals surface area (Å²) in [5.41, 5.74) is -0.0382. The van der Waals surface area contributed by atoms with Crippen LogP contribution in [0.1, 0.15) is 47.0 Å². The van der Waals surface area contributed by atoms with Crippen molar-refractivity contribution in [2.45, 2.75) is 52.7 Å². The second-order valence-corrected chi connectivity index (χ2v) is 9.57. The van der Waals surface area contributed by atoms with Crippen LogP contribution in [0.5, 0.6) is 0 Å². The number of ether oxygens (including phenoxy) is 1. The SMILES string of the molecule is C=C/C(F)=C\C1=C(C)OCCC12ON=C(CP(CC)CC)N2CCCC. The van der Waals surface area contributed by atoms with Crippen LogP contribution in [0.2, 0.25) is 0 Å². The third-order valence-electron chi connectivity index (χ3n) is 5.08. The molecule has 0 bridgehead atoms. The van der Waals surface area contributed by atoms with Crippen molar-refractivity contribution < 1.29 is 14.0 Å². The van der Waals surface area contributed by atoms with Crippen molar-refractivity contribution in [1.82, 2.24) is 4.90 Å². The van der Waals surface area contributed by atoms with Gasteiger partial charge in [0.15, 0.2) is 5.84 Å². The van der Waals surface area contributed by atoms with Crippen LogP contribution in [-0.4, -0.2) is 48.1 Å². The molecule has 2 aliphatic heterocycles. The van der Waals surface area contributed by atoms with Crippen molar-refractivity contribution in [2.24, 2.45) is 5.16 Å². The van der Waals surface area contributed by atoms with Crippen molar-refractivity contribution in [2.75, 3.05) is 31.6 Å². The van der Waals surface area contributed by atoms with Gasteiger partial charge in [0.05, 0.1) is 12.2 Å². The molecule has 0 aromatic rings. The molecule has 0 fully saturated rings. The lowest BCUT2D eigenvalue weighted by atomic mass is 9.93. The number of oxime groups is 1. The first-order chi connectivity index (χ1) is 12.5. The van der Waals surface area contributed by atoms with E-state index in [1.165, 1.54) is 24.5 Å². The Morgan fingerprint density at radius 2 is 2.12 bits per heavy atom. The van der Waals surface area contributed by atoms with E-state index in [4.69, 9.17) is 9.57 Å². The topological polar surface area (TPSA) is 34.1 Å². The van der Waals surface area contributed by atoms with Crippen molar-refractivity contribution in [3.63, 3.8) is 0 Å². The molecule has 2 heterocycles. The number of amidine groups is 1. The average molecular weight is 382 g/mol. The number of nitrogens with zero attached hydrogens (tertiary/aromatic N) is 2. The number of hydrogen-bond donors (Lipinski definition) is 0. The minimum absolute atomic E-state index is 0.0971. The molecule has 0 N–H and O–H groups in total. The molecule has 0 aromatic carbocycles. The molecular formula is C20H32FN2O2P. The Bertz CT molecular complexity index is 599. The van der Waals surface area contributed by atoms with Crippen LogP contribution in [0.15, 0.2) is 41.0 Å². The molecule has 0 amide bonds. The molecule has 1 atom stereocenters. The largest absolute Gasteiger partial charge is 0.497 e. The molecule has 6 heteroatoms. The van der Waals surface area contributed by atoms with Crippen molar-refractivity contribution >= 4 is 13.8 Å². The van der Waals surface area contributed by atoms with E-state index >= 15 is 0 Å². The Morgan fingerprint density at radius 1 is 1.38 bits per heavy atom.